The van der Waals surface area contributed by atoms with Gasteiger partial charge in [-0.25, -0.2) is 4.79 Å². The summed E-state index contributed by atoms with van der Waals surface area (Å²) in [5, 5.41) is 1.37. The topological polar surface area (TPSA) is 62.7 Å². The SMILES string of the molecule is COC(=O)C(c1ccccc1Cl)N1CCN(C(=O)c2cccc3ncccc23)CC1. The van der Waals surface area contributed by atoms with Gasteiger partial charge in [0.15, 0.2) is 0 Å². The number of hydrogen-bond donors (Lipinski definition) is 0. The predicted octanol–water partition coefficient (Wildman–Crippen LogP) is 3.56. The van der Waals surface area contributed by atoms with Crippen LogP contribution >= 0.6 is 11.6 Å². The van der Waals surface area contributed by atoms with Crippen LogP contribution in [0.3, 0.4) is 0 Å². The number of halogens is 1. The highest BCUT2D eigenvalue weighted by Gasteiger charge is 2.33. The molecular formula is C23H22ClN3O3. The number of esters is 1. The summed E-state index contributed by atoms with van der Waals surface area (Å²) in [6.07, 6.45) is 1.72. The zero-order chi connectivity index (χ0) is 21.1. The van der Waals surface area contributed by atoms with Crippen molar-refractivity contribution in [1.82, 2.24) is 14.8 Å². The lowest BCUT2D eigenvalue weighted by Crippen LogP contribution is -2.51. The molecule has 0 N–H and O–H groups in total. The van der Waals surface area contributed by atoms with E-state index >= 15 is 0 Å². The Labute approximate surface area is 180 Å². The minimum absolute atomic E-state index is 0.0272. The summed E-state index contributed by atoms with van der Waals surface area (Å²) in [7, 11) is 1.38. The smallest absolute Gasteiger partial charge is 0.327 e. The quantitative estimate of drug-likeness (QED) is 0.600. The molecule has 0 aliphatic carbocycles. The van der Waals surface area contributed by atoms with Crippen LogP contribution < -0.4 is 0 Å². The molecule has 1 amide bonds. The molecule has 6 nitrogen and oxygen atoms in total. The van der Waals surface area contributed by atoms with Gasteiger partial charge >= 0.3 is 5.97 Å². The highest BCUT2D eigenvalue weighted by atomic mass is 35.5. The third-order valence-electron chi connectivity index (χ3n) is 5.47. The third-order valence-corrected chi connectivity index (χ3v) is 5.81. The number of benzene rings is 2. The molecule has 1 unspecified atom stereocenters. The van der Waals surface area contributed by atoms with Crippen molar-refractivity contribution < 1.29 is 14.3 Å². The molecular weight excluding hydrogens is 402 g/mol. The number of pyridine rings is 1. The van der Waals surface area contributed by atoms with Crippen molar-refractivity contribution in [2.45, 2.75) is 6.04 Å². The summed E-state index contributed by atoms with van der Waals surface area (Å²) in [4.78, 5) is 33.9. The Morgan fingerprint density at radius 3 is 2.50 bits per heavy atom. The van der Waals surface area contributed by atoms with Crippen LogP contribution in [-0.2, 0) is 9.53 Å². The number of fused-ring (bicyclic) bond motifs is 1. The Balaban J connectivity index is 1.53. The second-order valence-electron chi connectivity index (χ2n) is 7.15. The van der Waals surface area contributed by atoms with Crippen molar-refractivity contribution in [3.8, 4) is 0 Å². The molecule has 7 heteroatoms. The maximum atomic E-state index is 13.2. The van der Waals surface area contributed by atoms with Gasteiger partial charge in [-0.15, -0.1) is 0 Å². The van der Waals surface area contributed by atoms with E-state index in [1.807, 2.05) is 58.3 Å². The fourth-order valence-corrected chi connectivity index (χ4v) is 4.16. The van der Waals surface area contributed by atoms with Gasteiger partial charge in [0.1, 0.15) is 6.04 Å². The van der Waals surface area contributed by atoms with Crippen molar-refractivity contribution >= 4 is 34.4 Å². The van der Waals surface area contributed by atoms with E-state index in [2.05, 4.69) is 4.98 Å². The van der Waals surface area contributed by atoms with E-state index < -0.39 is 6.04 Å². The first-order chi connectivity index (χ1) is 14.6. The highest BCUT2D eigenvalue weighted by Crippen LogP contribution is 2.30. The van der Waals surface area contributed by atoms with E-state index in [-0.39, 0.29) is 11.9 Å². The number of ether oxygens (including phenoxy) is 1. The molecule has 0 radical (unpaired) electrons. The van der Waals surface area contributed by atoms with E-state index in [1.165, 1.54) is 7.11 Å². The second-order valence-corrected chi connectivity index (χ2v) is 7.56. The minimum atomic E-state index is -0.595. The molecule has 0 saturated carbocycles. The van der Waals surface area contributed by atoms with Gasteiger partial charge < -0.3 is 9.64 Å². The first-order valence-electron chi connectivity index (χ1n) is 9.79. The molecule has 0 bridgehead atoms. The molecule has 4 rings (SSSR count). The predicted molar refractivity (Wildman–Crippen MR) is 115 cm³/mol. The number of piperazine rings is 1. The summed E-state index contributed by atoms with van der Waals surface area (Å²) < 4.78 is 5.04. The Hall–Kier alpha value is -2.96. The van der Waals surface area contributed by atoms with Gasteiger partial charge in [0.25, 0.3) is 5.91 Å². The van der Waals surface area contributed by atoms with Crippen LogP contribution in [0.25, 0.3) is 10.9 Å². The van der Waals surface area contributed by atoms with Gasteiger partial charge in [-0.1, -0.05) is 41.9 Å². The van der Waals surface area contributed by atoms with Crippen LogP contribution in [0.2, 0.25) is 5.02 Å². The lowest BCUT2D eigenvalue weighted by molar-refractivity contribution is -0.148. The standard InChI is InChI=1S/C23H22ClN3O3/c1-30-23(29)21(18-6-2-3-9-19(18)24)26-12-14-27(15-13-26)22(28)17-7-4-10-20-16(17)8-5-11-25-20/h2-11,21H,12-15H2,1H3. The van der Waals surface area contributed by atoms with Crippen LogP contribution in [0.5, 0.6) is 0 Å². The number of methoxy groups -OCH3 is 1. The van der Waals surface area contributed by atoms with Crippen molar-refractivity contribution in [1.29, 1.82) is 0 Å². The number of aromatic nitrogens is 1. The molecule has 3 aromatic rings. The van der Waals surface area contributed by atoms with E-state index in [9.17, 15) is 9.59 Å². The number of carbonyl (C=O) groups is 2. The van der Waals surface area contributed by atoms with Gasteiger partial charge in [-0.3, -0.25) is 14.7 Å². The third kappa shape index (κ3) is 3.88. The first kappa shape index (κ1) is 20.3. The van der Waals surface area contributed by atoms with E-state index in [0.717, 1.165) is 10.9 Å². The summed E-state index contributed by atoms with van der Waals surface area (Å²) in [6.45, 7) is 2.10. The molecule has 2 heterocycles. The van der Waals surface area contributed by atoms with Crippen molar-refractivity contribution in [2.24, 2.45) is 0 Å². The second kappa shape index (κ2) is 8.81. The van der Waals surface area contributed by atoms with E-state index in [1.54, 1.807) is 12.3 Å². The highest BCUT2D eigenvalue weighted by molar-refractivity contribution is 6.31. The molecule has 0 spiro atoms. The zero-order valence-corrected chi connectivity index (χ0v) is 17.4. The normalized spacial score (nSPS) is 15.7. The summed E-state index contributed by atoms with van der Waals surface area (Å²) >= 11 is 6.35. The van der Waals surface area contributed by atoms with Gasteiger partial charge in [0.05, 0.1) is 12.6 Å². The van der Waals surface area contributed by atoms with Crippen molar-refractivity contribution in [3.63, 3.8) is 0 Å². The Kier molecular flexibility index (Phi) is 5.97. The summed E-state index contributed by atoms with van der Waals surface area (Å²) in [5.41, 5.74) is 2.15. The molecule has 1 saturated heterocycles. The maximum Gasteiger partial charge on any atom is 0.327 e. The number of carbonyl (C=O) groups excluding carboxylic acids is 2. The first-order valence-corrected chi connectivity index (χ1v) is 10.2. The van der Waals surface area contributed by atoms with E-state index in [4.69, 9.17) is 16.3 Å². The largest absolute Gasteiger partial charge is 0.468 e. The molecule has 1 atom stereocenters. The summed E-state index contributed by atoms with van der Waals surface area (Å²) in [6, 6.07) is 16.0. The van der Waals surface area contributed by atoms with Gasteiger partial charge in [-0.2, -0.15) is 0 Å². The number of hydrogen-bond acceptors (Lipinski definition) is 5. The van der Waals surface area contributed by atoms with Gasteiger partial charge in [0, 0.05) is 48.3 Å². The number of amides is 1. The van der Waals surface area contributed by atoms with E-state index in [0.29, 0.717) is 42.3 Å². The van der Waals surface area contributed by atoms with Crippen LogP contribution in [0.15, 0.2) is 60.8 Å². The fraction of sp³-hybridized carbons (Fsp3) is 0.261. The van der Waals surface area contributed by atoms with Crippen LogP contribution in [0, 0.1) is 0 Å². The van der Waals surface area contributed by atoms with Crippen LogP contribution in [0.1, 0.15) is 22.0 Å². The molecule has 154 valence electrons. The Morgan fingerprint density at radius 1 is 1.00 bits per heavy atom. The molecule has 1 fully saturated rings. The molecule has 1 aliphatic rings. The Bertz CT molecular complexity index is 1070. The van der Waals surface area contributed by atoms with Crippen LogP contribution in [0.4, 0.5) is 0 Å². The van der Waals surface area contributed by atoms with Crippen molar-refractivity contribution in [3.05, 3.63) is 76.9 Å². The van der Waals surface area contributed by atoms with Gasteiger partial charge in [0.2, 0.25) is 0 Å². The minimum Gasteiger partial charge on any atom is -0.468 e. The molecule has 1 aromatic heterocycles. The van der Waals surface area contributed by atoms with Crippen molar-refractivity contribution in [2.75, 3.05) is 33.3 Å². The lowest BCUT2D eigenvalue weighted by atomic mass is 10.0. The zero-order valence-electron chi connectivity index (χ0n) is 16.6. The molecule has 2 aromatic carbocycles. The van der Waals surface area contributed by atoms with Crippen LogP contribution in [-0.4, -0.2) is 59.9 Å². The average molecular weight is 424 g/mol. The Morgan fingerprint density at radius 2 is 1.77 bits per heavy atom. The maximum absolute atomic E-state index is 13.2. The number of nitrogens with zero attached hydrogens (tertiary/aromatic N) is 3. The average Bonchev–Trinajstić information content (AvgIpc) is 2.80. The molecule has 30 heavy (non-hydrogen) atoms. The molecule has 1 aliphatic heterocycles. The fourth-order valence-electron chi connectivity index (χ4n) is 3.92. The monoisotopic (exact) mass is 423 g/mol. The van der Waals surface area contributed by atoms with Gasteiger partial charge in [-0.05, 0) is 29.8 Å². The summed E-state index contributed by atoms with van der Waals surface area (Å²) in [5.74, 6) is -0.386. The lowest BCUT2D eigenvalue weighted by Gasteiger charge is -2.38. The number of rotatable bonds is 4.